The van der Waals surface area contributed by atoms with Crippen molar-refractivity contribution in [2.75, 3.05) is 0 Å². The Morgan fingerprint density at radius 2 is 1.29 bits per heavy atom. The van der Waals surface area contributed by atoms with Crippen molar-refractivity contribution in [3.05, 3.63) is 35.4 Å². The number of carbonyl (C=O) groups is 2. The lowest BCUT2D eigenvalue weighted by Crippen LogP contribution is -2.13. The highest BCUT2D eigenvalue weighted by atomic mass is 16.1. The SMILES string of the molecule is CCCCCCCCCCCCC1CCC(c2ccc(C(=O)CC(=O)CC)cc2)CC1. The average molecular weight is 427 g/mol. The monoisotopic (exact) mass is 426 g/mol. The lowest BCUT2D eigenvalue weighted by Gasteiger charge is -2.29. The number of unbranched alkanes of at least 4 members (excludes halogenated alkanes) is 9. The van der Waals surface area contributed by atoms with Crippen LogP contribution in [0.5, 0.6) is 0 Å². The molecule has 1 aliphatic rings. The second kappa shape index (κ2) is 15.4. The fourth-order valence-corrected chi connectivity index (χ4v) is 5.05. The summed E-state index contributed by atoms with van der Waals surface area (Å²) in [4.78, 5) is 23.7. The van der Waals surface area contributed by atoms with Gasteiger partial charge in [-0.1, -0.05) is 109 Å². The lowest BCUT2D eigenvalue weighted by atomic mass is 9.77. The summed E-state index contributed by atoms with van der Waals surface area (Å²) in [5, 5.41) is 0. The minimum absolute atomic E-state index is 0.0230. The smallest absolute Gasteiger partial charge is 0.170 e. The molecule has 0 aliphatic heterocycles. The Morgan fingerprint density at radius 1 is 0.742 bits per heavy atom. The third-order valence-electron chi connectivity index (χ3n) is 7.27. The molecule has 1 aromatic carbocycles. The van der Waals surface area contributed by atoms with Crippen LogP contribution in [0, 0.1) is 5.92 Å². The zero-order valence-electron chi connectivity index (χ0n) is 20.3. The molecule has 0 unspecified atom stereocenters. The molecule has 0 saturated heterocycles. The van der Waals surface area contributed by atoms with Crippen molar-refractivity contribution in [3.8, 4) is 0 Å². The van der Waals surface area contributed by atoms with Gasteiger partial charge in [-0.2, -0.15) is 0 Å². The van der Waals surface area contributed by atoms with Crippen molar-refractivity contribution < 1.29 is 9.59 Å². The summed E-state index contributed by atoms with van der Waals surface area (Å²) in [5.41, 5.74) is 2.05. The Hall–Kier alpha value is -1.44. The number of carbonyl (C=O) groups excluding carboxylic acids is 2. The summed E-state index contributed by atoms with van der Waals surface area (Å²) in [7, 11) is 0. The van der Waals surface area contributed by atoms with Gasteiger partial charge in [-0.05, 0) is 43.1 Å². The van der Waals surface area contributed by atoms with Crippen LogP contribution in [0.4, 0.5) is 0 Å². The second-order valence-corrected chi connectivity index (χ2v) is 9.80. The van der Waals surface area contributed by atoms with Crippen LogP contribution >= 0.6 is 0 Å². The zero-order valence-corrected chi connectivity index (χ0v) is 20.3. The fourth-order valence-electron chi connectivity index (χ4n) is 5.05. The highest BCUT2D eigenvalue weighted by Crippen LogP contribution is 2.37. The summed E-state index contributed by atoms with van der Waals surface area (Å²) in [6.07, 6.45) is 21.4. The molecule has 1 aromatic rings. The number of hydrogen-bond acceptors (Lipinski definition) is 2. The van der Waals surface area contributed by atoms with Crippen LogP contribution in [0.1, 0.15) is 145 Å². The number of ketones is 2. The van der Waals surface area contributed by atoms with Gasteiger partial charge in [-0.3, -0.25) is 9.59 Å². The zero-order chi connectivity index (χ0) is 22.3. The standard InChI is InChI=1S/C29H46O2/c1-3-5-6-7-8-9-10-11-12-13-14-24-15-17-25(18-16-24)26-19-21-27(22-20-26)29(31)23-28(30)4-2/h19-22,24-25H,3-18,23H2,1-2H3. The van der Waals surface area contributed by atoms with Crippen molar-refractivity contribution >= 4 is 11.6 Å². The van der Waals surface area contributed by atoms with E-state index < -0.39 is 0 Å². The molecular weight excluding hydrogens is 380 g/mol. The molecule has 1 fully saturated rings. The average Bonchev–Trinajstić information content (AvgIpc) is 2.80. The van der Waals surface area contributed by atoms with Gasteiger partial charge < -0.3 is 0 Å². The maximum atomic E-state index is 12.2. The molecule has 0 bridgehead atoms. The van der Waals surface area contributed by atoms with Crippen LogP contribution in [0.25, 0.3) is 0 Å². The van der Waals surface area contributed by atoms with Gasteiger partial charge in [0.05, 0.1) is 6.42 Å². The first-order chi connectivity index (χ1) is 15.1. The van der Waals surface area contributed by atoms with Crippen molar-refractivity contribution in [2.45, 2.75) is 129 Å². The van der Waals surface area contributed by atoms with E-state index >= 15 is 0 Å². The van der Waals surface area contributed by atoms with Crippen LogP contribution in [0.3, 0.4) is 0 Å². The van der Waals surface area contributed by atoms with Crippen LogP contribution in [-0.2, 0) is 4.79 Å². The number of hydrogen-bond donors (Lipinski definition) is 0. The highest BCUT2D eigenvalue weighted by Gasteiger charge is 2.22. The van der Waals surface area contributed by atoms with Crippen LogP contribution < -0.4 is 0 Å². The number of Topliss-reactive ketones (excluding diaryl/α,β-unsaturated/α-hetero) is 2. The third kappa shape index (κ3) is 10.1. The maximum Gasteiger partial charge on any atom is 0.170 e. The van der Waals surface area contributed by atoms with Gasteiger partial charge in [-0.15, -0.1) is 0 Å². The molecule has 31 heavy (non-hydrogen) atoms. The molecule has 0 atom stereocenters. The number of rotatable bonds is 16. The van der Waals surface area contributed by atoms with E-state index in [9.17, 15) is 9.59 Å². The van der Waals surface area contributed by atoms with E-state index in [2.05, 4.69) is 19.1 Å². The maximum absolute atomic E-state index is 12.2. The van der Waals surface area contributed by atoms with Gasteiger partial charge in [0.1, 0.15) is 5.78 Å². The molecule has 0 N–H and O–H groups in total. The fraction of sp³-hybridized carbons (Fsp3) is 0.724. The Kier molecular flexibility index (Phi) is 12.8. The normalized spacial score (nSPS) is 18.8. The summed E-state index contributed by atoms with van der Waals surface area (Å²) < 4.78 is 0. The van der Waals surface area contributed by atoms with E-state index in [0.717, 1.165) is 5.92 Å². The Bertz CT molecular complexity index is 623. The van der Waals surface area contributed by atoms with Crippen molar-refractivity contribution in [1.82, 2.24) is 0 Å². The summed E-state index contributed by atoms with van der Waals surface area (Å²) in [5.74, 6) is 1.55. The van der Waals surface area contributed by atoms with Gasteiger partial charge in [-0.25, -0.2) is 0 Å². The van der Waals surface area contributed by atoms with Crippen molar-refractivity contribution in [2.24, 2.45) is 5.92 Å². The van der Waals surface area contributed by atoms with Crippen LogP contribution in [0.2, 0.25) is 0 Å². The molecule has 0 aromatic heterocycles. The quantitative estimate of drug-likeness (QED) is 0.150. The van der Waals surface area contributed by atoms with E-state index in [-0.39, 0.29) is 18.0 Å². The highest BCUT2D eigenvalue weighted by molar-refractivity contribution is 6.07. The second-order valence-electron chi connectivity index (χ2n) is 9.80. The molecule has 2 rings (SSSR count). The van der Waals surface area contributed by atoms with E-state index in [4.69, 9.17) is 0 Å². The topological polar surface area (TPSA) is 34.1 Å². The van der Waals surface area contributed by atoms with E-state index in [1.165, 1.54) is 102 Å². The first-order valence-electron chi connectivity index (χ1n) is 13.3. The first-order valence-corrected chi connectivity index (χ1v) is 13.3. The minimum atomic E-state index is -0.0430. The van der Waals surface area contributed by atoms with E-state index in [0.29, 0.717) is 17.9 Å². The van der Waals surface area contributed by atoms with Crippen LogP contribution in [0.15, 0.2) is 24.3 Å². The minimum Gasteiger partial charge on any atom is -0.299 e. The largest absolute Gasteiger partial charge is 0.299 e. The molecule has 2 heteroatoms. The van der Waals surface area contributed by atoms with Crippen molar-refractivity contribution in [1.29, 1.82) is 0 Å². The van der Waals surface area contributed by atoms with Gasteiger partial charge >= 0.3 is 0 Å². The molecule has 0 amide bonds. The molecule has 174 valence electrons. The predicted molar refractivity (Wildman–Crippen MR) is 132 cm³/mol. The van der Waals surface area contributed by atoms with Crippen molar-refractivity contribution in [3.63, 3.8) is 0 Å². The molecule has 0 radical (unpaired) electrons. The molecule has 1 saturated carbocycles. The molecule has 2 nitrogen and oxygen atoms in total. The van der Waals surface area contributed by atoms with E-state index in [1.54, 1.807) is 0 Å². The first kappa shape index (κ1) is 25.8. The Morgan fingerprint density at radius 3 is 1.84 bits per heavy atom. The van der Waals surface area contributed by atoms with E-state index in [1.807, 2.05) is 19.1 Å². The summed E-state index contributed by atoms with van der Waals surface area (Å²) in [6, 6.07) is 8.10. The summed E-state index contributed by atoms with van der Waals surface area (Å²) >= 11 is 0. The van der Waals surface area contributed by atoms with Gasteiger partial charge in [0.2, 0.25) is 0 Å². The third-order valence-corrected chi connectivity index (χ3v) is 7.27. The molecule has 0 heterocycles. The van der Waals surface area contributed by atoms with Gasteiger partial charge in [0, 0.05) is 12.0 Å². The van der Waals surface area contributed by atoms with Crippen LogP contribution in [-0.4, -0.2) is 11.6 Å². The number of benzene rings is 1. The lowest BCUT2D eigenvalue weighted by molar-refractivity contribution is -0.117. The Balaban J connectivity index is 1.57. The molecular formula is C29H46O2. The molecule has 1 aliphatic carbocycles. The van der Waals surface area contributed by atoms with Gasteiger partial charge in [0.25, 0.3) is 0 Å². The van der Waals surface area contributed by atoms with Gasteiger partial charge in [0.15, 0.2) is 5.78 Å². The molecule has 0 spiro atoms. The predicted octanol–water partition coefficient (Wildman–Crippen LogP) is 8.82. The summed E-state index contributed by atoms with van der Waals surface area (Å²) in [6.45, 7) is 4.10. The Labute approximate surface area is 191 Å².